The molecular formula is C22H21F3N8O4S. The zero-order chi connectivity index (χ0) is 28.1. The first kappa shape index (κ1) is 26.7. The molecule has 3 N–H and O–H groups in total. The Morgan fingerprint density at radius 1 is 1.21 bits per heavy atom. The highest BCUT2D eigenvalue weighted by atomic mass is 32.1. The van der Waals surface area contributed by atoms with Crippen LogP contribution in [0.2, 0.25) is 0 Å². The molecule has 0 aliphatic heterocycles. The van der Waals surface area contributed by atoms with E-state index in [1.54, 1.807) is 17.8 Å². The van der Waals surface area contributed by atoms with Crippen LogP contribution in [0.5, 0.6) is 0 Å². The number of anilines is 1. The number of thiophene rings is 1. The number of carbonyl (C=O) groups is 2. The Bertz CT molecular complexity index is 1600. The van der Waals surface area contributed by atoms with Gasteiger partial charge in [0.15, 0.2) is 0 Å². The van der Waals surface area contributed by atoms with Gasteiger partial charge < -0.3 is 11.1 Å². The van der Waals surface area contributed by atoms with Crippen molar-refractivity contribution in [2.75, 3.05) is 5.32 Å². The summed E-state index contributed by atoms with van der Waals surface area (Å²) in [5, 5.41) is 22.1. The Morgan fingerprint density at radius 2 is 1.89 bits per heavy atom. The van der Waals surface area contributed by atoms with E-state index in [1.807, 2.05) is 6.92 Å². The summed E-state index contributed by atoms with van der Waals surface area (Å²) in [7, 11) is 0. The molecule has 0 radical (unpaired) electrons. The lowest BCUT2D eigenvalue weighted by molar-refractivity contribution is -0.385. The third-order valence-electron chi connectivity index (χ3n) is 5.85. The normalized spacial score (nSPS) is 12.6. The number of rotatable bonds is 7. The van der Waals surface area contributed by atoms with Gasteiger partial charge in [-0.1, -0.05) is 0 Å². The number of fused-ring (bicyclic) bond motifs is 1. The van der Waals surface area contributed by atoms with Gasteiger partial charge in [0.2, 0.25) is 5.91 Å². The molecule has 4 aromatic rings. The van der Waals surface area contributed by atoms with Crippen LogP contribution in [0.15, 0.2) is 18.5 Å². The standard InChI is InChI=1S/C22H21F3N8O4S/c1-5-31-7-13(9(2)29-31)12-6-15(22(23,24)25)27-21-16(12)17(18(38-21)19(26)34)28-20(35)11(4)32-8-14(33(36)37)10(3)30-32/h6-8,11H,5H2,1-4H3,(H2,26,34)(H,28,35). The van der Waals surface area contributed by atoms with Gasteiger partial charge in [-0.05, 0) is 39.3 Å². The summed E-state index contributed by atoms with van der Waals surface area (Å²) < 4.78 is 43.9. The molecule has 0 aliphatic carbocycles. The monoisotopic (exact) mass is 550 g/mol. The molecule has 0 fully saturated rings. The summed E-state index contributed by atoms with van der Waals surface area (Å²) in [6.45, 7) is 6.71. The van der Waals surface area contributed by atoms with Crippen molar-refractivity contribution in [2.24, 2.45) is 5.73 Å². The van der Waals surface area contributed by atoms with E-state index >= 15 is 0 Å². The molecule has 4 heterocycles. The zero-order valence-electron chi connectivity index (χ0n) is 20.5. The van der Waals surface area contributed by atoms with E-state index in [-0.39, 0.29) is 37.7 Å². The van der Waals surface area contributed by atoms with Crippen molar-refractivity contribution >= 4 is 44.7 Å². The van der Waals surface area contributed by atoms with Gasteiger partial charge in [-0.25, -0.2) is 4.98 Å². The number of carbonyl (C=O) groups excluding carboxylic acids is 2. The summed E-state index contributed by atoms with van der Waals surface area (Å²) in [5.74, 6) is -1.72. The number of halogens is 3. The van der Waals surface area contributed by atoms with Crippen molar-refractivity contribution in [2.45, 2.75) is 46.5 Å². The number of aromatic nitrogens is 5. The average Bonchev–Trinajstić information content (AvgIpc) is 3.52. The zero-order valence-corrected chi connectivity index (χ0v) is 21.3. The number of pyridine rings is 1. The second-order valence-corrected chi connectivity index (χ2v) is 9.39. The molecule has 1 unspecified atom stereocenters. The van der Waals surface area contributed by atoms with Crippen molar-refractivity contribution in [3.8, 4) is 11.1 Å². The molecule has 4 aromatic heterocycles. The average molecular weight is 551 g/mol. The number of primary amides is 1. The molecule has 4 rings (SSSR count). The van der Waals surface area contributed by atoms with E-state index in [0.717, 1.165) is 16.9 Å². The third-order valence-corrected chi connectivity index (χ3v) is 6.95. The van der Waals surface area contributed by atoms with Gasteiger partial charge in [-0.15, -0.1) is 11.3 Å². The fraction of sp³-hybridized carbons (Fsp3) is 0.318. The van der Waals surface area contributed by atoms with Crippen LogP contribution < -0.4 is 11.1 Å². The molecule has 0 bridgehead atoms. The highest BCUT2D eigenvalue weighted by Gasteiger charge is 2.36. The SMILES string of the molecule is CCn1cc(-c2cc(C(F)(F)F)nc3sc(C(N)=O)c(NC(=O)C(C)n4cc([N+](=O)[O-])c(C)n4)c23)c(C)n1. The van der Waals surface area contributed by atoms with Gasteiger partial charge in [0, 0.05) is 23.7 Å². The first-order valence-corrected chi connectivity index (χ1v) is 11.9. The van der Waals surface area contributed by atoms with E-state index in [0.29, 0.717) is 29.1 Å². The van der Waals surface area contributed by atoms with Crippen molar-refractivity contribution in [1.29, 1.82) is 0 Å². The third kappa shape index (κ3) is 4.69. The first-order valence-electron chi connectivity index (χ1n) is 11.1. The summed E-state index contributed by atoms with van der Waals surface area (Å²) in [6.07, 6.45) is -2.14. The number of hydrogen-bond donors (Lipinski definition) is 2. The van der Waals surface area contributed by atoms with Crippen LogP contribution in [0, 0.1) is 24.0 Å². The van der Waals surface area contributed by atoms with Crippen molar-refractivity contribution in [3.05, 3.63) is 50.5 Å². The fourth-order valence-electron chi connectivity index (χ4n) is 3.89. The number of nitrogens with one attached hydrogen (secondary N) is 1. The molecule has 0 aliphatic rings. The van der Waals surface area contributed by atoms with Crippen LogP contribution in [0.4, 0.5) is 24.5 Å². The van der Waals surface area contributed by atoms with Gasteiger partial charge in [-0.3, -0.25) is 29.1 Å². The fourth-order valence-corrected chi connectivity index (χ4v) is 4.90. The Kier molecular flexibility index (Phi) is 6.69. The second kappa shape index (κ2) is 9.51. The van der Waals surface area contributed by atoms with Gasteiger partial charge in [0.1, 0.15) is 33.3 Å². The van der Waals surface area contributed by atoms with Gasteiger partial charge in [0.25, 0.3) is 5.91 Å². The number of nitro groups is 1. The van der Waals surface area contributed by atoms with Crippen LogP contribution in [0.25, 0.3) is 21.3 Å². The number of hydrogen-bond acceptors (Lipinski definition) is 8. The molecule has 2 amide bonds. The first-order chi connectivity index (χ1) is 17.7. The molecule has 1 atom stereocenters. The largest absolute Gasteiger partial charge is 0.433 e. The van der Waals surface area contributed by atoms with Crippen molar-refractivity contribution in [3.63, 3.8) is 0 Å². The lowest BCUT2D eigenvalue weighted by Crippen LogP contribution is -2.25. The van der Waals surface area contributed by atoms with Crippen molar-refractivity contribution < 1.29 is 27.7 Å². The Balaban J connectivity index is 1.91. The molecule has 200 valence electrons. The molecule has 0 saturated carbocycles. The molecule has 0 saturated heterocycles. The van der Waals surface area contributed by atoms with Crippen LogP contribution in [0.1, 0.15) is 46.6 Å². The molecule has 0 aromatic carbocycles. The highest BCUT2D eigenvalue weighted by Crippen LogP contribution is 2.44. The molecule has 38 heavy (non-hydrogen) atoms. The van der Waals surface area contributed by atoms with E-state index in [2.05, 4.69) is 20.5 Å². The van der Waals surface area contributed by atoms with Crippen LogP contribution in [-0.4, -0.2) is 41.3 Å². The maximum absolute atomic E-state index is 13.7. The summed E-state index contributed by atoms with van der Waals surface area (Å²) in [4.78, 5) is 39.4. The predicted molar refractivity (Wildman–Crippen MR) is 132 cm³/mol. The quantitative estimate of drug-likeness (QED) is 0.257. The maximum Gasteiger partial charge on any atom is 0.433 e. The maximum atomic E-state index is 13.7. The van der Waals surface area contributed by atoms with Crippen molar-refractivity contribution in [1.82, 2.24) is 24.5 Å². The van der Waals surface area contributed by atoms with Gasteiger partial charge >= 0.3 is 11.9 Å². The number of nitrogens with zero attached hydrogens (tertiary/aromatic N) is 6. The van der Waals surface area contributed by atoms with Crippen LogP contribution in [0.3, 0.4) is 0 Å². The Morgan fingerprint density at radius 3 is 2.42 bits per heavy atom. The van der Waals surface area contributed by atoms with Gasteiger partial charge in [0.05, 0.1) is 16.3 Å². The number of nitrogens with two attached hydrogens (primary N) is 1. The van der Waals surface area contributed by atoms with E-state index in [1.165, 1.54) is 13.8 Å². The lowest BCUT2D eigenvalue weighted by atomic mass is 10.0. The second-order valence-electron chi connectivity index (χ2n) is 8.39. The minimum absolute atomic E-state index is 0.0526. The minimum atomic E-state index is -4.79. The molecule has 16 heteroatoms. The predicted octanol–water partition coefficient (Wildman–Crippen LogP) is 4.22. The summed E-state index contributed by atoms with van der Waals surface area (Å²) >= 11 is 0.610. The summed E-state index contributed by atoms with van der Waals surface area (Å²) in [5.41, 5.74) is 4.83. The Hall–Kier alpha value is -4.34. The topological polar surface area (TPSA) is 164 Å². The molecule has 12 nitrogen and oxygen atoms in total. The number of alkyl halides is 3. The van der Waals surface area contributed by atoms with Crippen LogP contribution >= 0.6 is 11.3 Å². The molecule has 0 spiro atoms. The lowest BCUT2D eigenvalue weighted by Gasteiger charge is -2.14. The minimum Gasteiger partial charge on any atom is -0.365 e. The number of aryl methyl sites for hydroxylation is 3. The van der Waals surface area contributed by atoms with Gasteiger partial charge in [-0.2, -0.15) is 23.4 Å². The smallest absolute Gasteiger partial charge is 0.365 e. The highest BCUT2D eigenvalue weighted by molar-refractivity contribution is 7.21. The Labute approximate surface area is 216 Å². The summed E-state index contributed by atoms with van der Waals surface area (Å²) in [6, 6.07) is -0.253. The van der Waals surface area contributed by atoms with E-state index in [4.69, 9.17) is 5.73 Å². The number of amides is 2. The van der Waals surface area contributed by atoms with E-state index < -0.39 is 34.6 Å². The molecular weight excluding hydrogens is 529 g/mol. The van der Waals surface area contributed by atoms with E-state index in [9.17, 15) is 32.9 Å². The van der Waals surface area contributed by atoms with Crippen LogP contribution in [-0.2, 0) is 17.5 Å².